The van der Waals surface area contributed by atoms with Gasteiger partial charge in [0.25, 0.3) is 0 Å². The van der Waals surface area contributed by atoms with Gasteiger partial charge in [-0.1, -0.05) is 32.0 Å². The van der Waals surface area contributed by atoms with Gasteiger partial charge < -0.3 is 5.73 Å². The van der Waals surface area contributed by atoms with Crippen LogP contribution in [0.3, 0.4) is 0 Å². The minimum Gasteiger partial charge on any atom is -0.330 e. The number of para-hydroxylation sites is 1. The lowest BCUT2D eigenvalue weighted by Crippen LogP contribution is -2.05. The fourth-order valence-electron chi connectivity index (χ4n) is 3.19. The quantitative estimate of drug-likeness (QED) is 0.855. The van der Waals surface area contributed by atoms with E-state index in [0.29, 0.717) is 17.3 Å². The van der Waals surface area contributed by atoms with Gasteiger partial charge >= 0.3 is 0 Å². The third-order valence-corrected chi connectivity index (χ3v) is 4.32. The van der Waals surface area contributed by atoms with Gasteiger partial charge in [-0.15, -0.1) is 0 Å². The van der Waals surface area contributed by atoms with Crippen LogP contribution in [-0.2, 0) is 0 Å². The maximum absolute atomic E-state index is 5.87. The van der Waals surface area contributed by atoms with E-state index in [9.17, 15) is 0 Å². The molecule has 0 radical (unpaired) electrons. The van der Waals surface area contributed by atoms with Crippen LogP contribution in [0, 0.1) is 11.3 Å². The number of rotatable bonds is 2. The van der Waals surface area contributed by atoms with Crippen LogP contribution in [0.1, 0.15) is 25.3 Å². The van der Waals surface area contributed by atoms with Crippen LogP contribution in [0.5, 0.6) is 0 Å². The summed E-state index contributed by atoms with van der Waals surface area (Å²) in [6, 6.07) is 10.5. The highest BCUT2D eigenvalue weighted by atomic mass is 14.7. The molecule has 3 rings (SSSR count). The van der Waals surface area contributed by atoms with E-state index in [-0.39, 0.29) is 0 Å². The number of fused-ring (bicyclic) bond motifs is 1. The first-order valence-electron chi connectivity index (χ1n) is 6.20. The second-order valence-electron chi connectivity index (χ2n) is 5.56. The Kier molecular flexibility index (Phi) is 2.23. The zero-order valence-corrected chi connectivity index (χ0v) is 10.4. The number of pyridine rings is 1. The van der Waals surface area contributed by atoms with Crippen molar-refractivity contribution in [3.8, 4) is 0 Å². The van der Waals surface area contributed by atoms with Crippen LogP contribution in [0.25, 0.3) is 10.9 Å². The predicted octanol–water partition coefficient (Wildman–Crippen LogP) is 2.93. The van der Waals surface area contributed by atoms with Crippen molar-refractivity contribution >= 4 is 10.9 Å². The average Bonchev–Trinajstić information content (AvgIpc) is 2.90. The third-order valence-electron chi connectivity index (χ3n) is 4.32. The van der Waals surface area contributed by atoms with Crippen molar-refractivity contribution in [1.82, 2.24) is 4.98 Å². The van der Waals surface area contributed by atoms with E-state index in [0.717, 1.165) is 12.1 Å². The number of hydrogen-bond donors (Lipinski definition) is 1. The van der Waals surface area contributed by atoms with Crippen LogP contribution in [0.4, 0.5) is 0 Å². The first-order valence-corrected chi connectivity index (χ1v) is 6.20. The molecule has 2 heteroatoms. The van der Waals surface area contributed by atoms with E-state index in [4.69, 9.17) is 5.73 Å². The molecule has 1 saturated carbocycles. The van der Waals surface area contributed by atoms with Gasteiger partial charge in [0.15, 0.2) is 0 Å². The van der Waals surface area contributed by atoms with Crippen LogP contribution >= 0.6 is 0 Å². The molecule has 0 aliphatic heterocycles. The van der Waals surface area contributed by atoms with Crippen molar-refractivity contribution in [3.63, 3.8) is 0 Å². The minimum atomic E-state index is 0.332. The standard InChI is InChI=1S/C15H18N2/c1-15(2)12(9-16)14(15)11-7-8-17-13-6-4-3-5-10(11)13/h3-8,12,14H,9,16H2,1-2H3/t12-,14-/m0/s1. The molecule has 88 valence electrons. The molecule has 0 spiro atoms. The lowest BCUT2D eigenvalue weighted by molar-refractivity contribution is 0.559. The molecule has 1 aliphatic carbocycles. The lowest BCUT2D eigenvalue weighted by atomic mass is 10.00. The Morgan fingerprint density at radius 1 is 1.24 bits per heavy atom. The first kappa shape index (κ1) is 10.7. The van der Waals surface area contributed by atoms with Gasteiger partial charge in [-0.25, -0.2) is 0 Å². The van der Waals surface area contributed by atoms with Crippen molar-refractivity contribution in [2.75, 3.05) is 6.54 Å². The van der Waals surface area contributed by atoms with Crippen LogP contribution in [-0.4, -0.2) is 11.5 Å². The molecule has 2 nitrogen and oxygen atoms in total. The maximum Gasteiger partial charge on any atom is 0.0704 e. The summed E-state index contributed by atoms with van der Waals surface area (Å²) in [7, 11) is 0. The summed E-state index contributed by atoms with van der Waals surface area (Å²) < 4.78 is 0. The molecule has 0 bridgehead atoms. The molecule has 2 aromatic rings. The van der Waals surface area contributed by atoms with E-state index in [2.05, 4.69) is 43.1 Å². The summed E-state index contributed by atoms with van der Waals surface area (Å²) in [6.45, 7) is 5.39. The molecule has 2 atom stereocenters. The monoisotopic (exact) mass is 226 g/mol. The van der Waals surface area contributed by atoms with Gasteiger partial charge in [0.05, 0.1) is 5.52 Å². The summed E-state index contributed by atoms with van der Waals surface area (Å²) in [4.78, 5) is 4.42. The Bertz CT molecular complexity index is 554. The predicted molar refractivity (Wildman–Crippen MR) is 70.8 cm³/mol. The lowest BCUT2D eigenvalue weighted by Gasteiger charge is -2.07. The molecule has 17 heavy (non-hydrogen) atoms. The van der Waals surface area contributed by atoms with Gasteiger partial charge in [0.1, 0.15) is 0 Å². The number of hydrogen-bond acceptors (Lipinski definition) is 2. The zero-order chi connectivity index (χ0) is 12.0. The van der Waals surface area contributed by atoms with Gasteiger partial charge in [0, 0.05) is 11.6 Å². The fraction of sp³-hybridized carbons (Fsp3) is 0.400. The van der Waals surface area contributed by atoms with Crippen LogP contribution < -0.4 is 5.73 Å². The third kappa shape index (κ3) is 1.48. The van der Waals surface area contributed by atoms with Gasteiger partial charge in [-0.2, -0.15) is 0 Å². The van der Waals surface area contributed by atoms with E-state index >= 15 is 0 Å². The topological polar surface area (TPSA) is 38.9 Å². The van der Waals surface area contributed by atoms with Crippen molar-refractivity contribution in [3.05, 3.63) is 42.1 Å². The number of nitrogens with two attached hydrogens (primary N) is 1. The number of benzene rings is 1. The zero-order valence-electron chi connectivity index (χ0n) is 10.4. The summed E-state index contributed by atoms with van der Waals surface area (Å²) in [5, 5.41) is 1.28. The van der Waals surface area contributed by atoms with Crippen molar-refractivity contribution < 1.29 is 0 Å². The van der Waals surface area contributed by atoms with Gasteiger partial charge in [0.2, 0.25) is 0 Å². The summed E-state index contributed by atoms with van der Waals surface area (Å²) in [5.41, 5.74) is 8.70. The molecule has 1 aromatic heterocycles. The van der Waals surface area contributed by atoms with Crippen LogP contribution in [0.15, 0.2) is 36.5 Å². The molecule has 0 saturated heterocycles. The largest absolute Gasteiger partial charge is 0.330 e. The summed E-state index contributed by atoms with van der Waals surface area (Å²) >= 11 is 0. The number of aromatic nitrogens is 1. The second-order valence-corrected chi connectivity index (χ2v) is 5.56. The fourth-order valence-corrected chi connectivity index (χ4v) is 3.19. The van der Waals surface area contributed by atoms with E-state index in [1.807, 2.05) is 12.3 Å². The molecule has 1 heterocycles. The van der Waals surface area contributed by atoms with Gasteiger partial charge in [-0.3, -0.25) is 4.98 Å². The molecule has 0 unspecified atom stereocenters. The number of nitrogens with zero attached hydrogens (tertiary/aromatic N) is 1. The van der Waals surface area contributed by atoms with E-state index in [1.54, 1.807) is 0 Å². The highest BCUT2D eigenvalue weighted by molar-refractivity contribution is 5.83. The molecular weight excluding hydrogens is 208 g/mol. The van der Waals surface area contributed by atoms with Crippen molar-refractivity contribution in [2.45, 2.75) is 19.8 Å². The maximum atomic E-state index is 5.87. The van der Waals surface area contributed by atoms with Crippen LogP contribution in [0.2, 0.25) is 0 Å². The second kappa shape index (κ2) is 3.54. The molecule has 1 aliphatic rings. The molecule has 1 aromatic carbocycles. The normalized spacial score (nSPS) is 26.1. The Labute approximate surface area is 102 Å². The highest BCUT2D eigenvalue weighted by Crippen LogP contribution is 2.64. The van der Waals surface area contributed by atoms with Crippen molar-refractivity contribution in [1.29, 1.82) is 0 Å². The molecular formula is C15H18N2. The minimum absolute atomic E-state index is 0.332. The molecule has 2 N–H and O–H groups in total. The van der Waals surface area contributed by atoms with E-state index < -0.39 is 0 Å². The Morgan fingerprint density at radius 3 is 2.71 bits per heavy atom. The average molecular weight is 226 g/mol. The molecule has 1 fully saturated rings. The Balaban J connectivity index is 2.14. The summed E-state index contributed by atoms with van der Waals surface area (Å²) in [6.07, 6.45) is 1.92. The Morgan fingerprint density at radius 2 is 2.00 bits per heavy atom. The molecule has 0 amide bonds. The van der Waals surface area contributed by atoms with Crippen molar-refractivity contribution in [2.24, 2.45) is 17.1 Å². The Hall–Kier alpha value is -1.41. The van der Waals surface area contributed by atoms with E-state index in [1.165, 1.54) is 10.9 Å². The SMILES string of the molecule is CC1(C)[C@@H](CN)[C@@H]1c1ccnc2ccccc12. The highest BCUT2D eigenvalue weighted by Gasteiger charge is 2.57. The van der Waals surface area contributed by atoms with Gasteiger partial charge in [-0.05, 0) is 41.5 Å². The smallest absolute Gasteiger partial charge is 0.0704 e. The summed E-state index contributed by atoms with van der Waals surface area (Å²) in [5.74, 6) is 1.19. The first-order chi connectivity index (χ1) is 8.16.